The van der Waals surface area contributed by atoms with Gasteiger partial charge in [0.1, 0.15) is 0 Å². The minimum absolute atomic E-state index is 0.0786. The summed E-state index contributed by atoms with van der Waals surface area (Å²) < 4.78 is 2.17. The first-order valence-corrected chi connectivity index (χ1v) is 8.56. The summed E-state index contributed by atoms with van der Waals surface area (Å²) >= 11 is 0. The van der Waals surface area contributed by atoms with E-state index in [0.29, 0.717) is 19.0 Å². The number of rotatable bonds is 3. The summed E-state index contributed by atoms with van der Waals surface area (Å²) in [5, 5.41) is 11.0. The monoisotopic (exact) mass is 304 g/mol. The van der Waals surface area contributed by atoms with Gasteiger partial charge in [0.2, 0.25) is 0 Å². The topological polar surface area (TPSA) is 45.5 Å². The second-order valence-corrected chi connectivity index (χ2v) is 7.23. The second-order valence-electron chi connectivity index (χ2n) is 7.23. The molecule has 1 aromatic heterocycles. The van der Waals surface area contributed by atoms with Crippen LogP contribution in [-0.4, -0.2) is 39.2 Å². The molecule has 0 spiro atoms. The lowest BCUT2D eigenvalue weighted by atomic mass is 9.69. The maximum atomic E-state index is 12.9. The molecule has 1 saturated heterocycles. The second kappa shape index (κ2) is 5.41. The number of aryl methyl sites for hydroxylation is 1. The predicted molar refractivity (Wildman–Crippen MR) is 86.9 cm³/mol. The van der Waals surface area contributed by atoms with E-state index in [1.807, 2.05) is 24.8 Å². The van der Waals surface area contributed by atoms with Crippen molar-refractivity contribution in [2.24, 2.45) is 11.8 Å². The van der Waals surface area contributed by atoms with Crippen LogP contribution in [0.2, 0.25) is 0 Å². The van der Waals surface area contributed by atoms with E-state index in [4.69, 9.17) is 0 Å². The van der Waals surface area contributed by atoms with Crippen molar-refractivity contribution in [2.45, 2.75) is 59.1 Å². The highest BCUT2D eigenvalue weighted by Crippen LogP contribution is 2.44. The van der Waals surface area contributed by atoms with E-state index in [0.717, 1.165) is 36.3 Å². The van der Waals surface area contributed by atoms with Crippen LogP contribution >= 0.6 is 0 Å². The Morgan fingerprint density at radius 1 is 1.41 bits per heavy atom. The number of likely N-dealkylation sites (tertiary alicyclic amines) is 1. The van der Waals surface area contributed by atoms with Gasteiger partial charge in [0, 0.05) is 30.4 Å². The molecule has 122 valence electrons. The predicted octanol–water partition coefficient (Wildman–Crippen LogP) is 2.75. The molecule has 4 heteroatoms. The van der Waals surface area contributed by atoms with Crippen molar-refractivity contribution >= 4 is 5.91 Å². The maximum absolute atomic E-state index is 12.9. The lowest BCUT2D eigenvalue weighted by molar-refractivity contribution is -0.0660. The maximum Gasteiger partial charge on any atom is 0.255 e. The fourth-order valence-corrected chi connectivity index (χ4v) is 4.28. The average molecular weight is 304 g/mol. The average Bonchev–Trinajstić information content (AvgIpc) is 2.85. The van der Waals surface area contributed by atoms with Crippen LogP contribution in [0.4, 0.5) is 0 Å². The van der Waals surface area contributed by atoms with E-state index < -0.39 is 5.60 Å². The normalized spacial score (nSPS) is 29.0. The van der Waals surface area contributed by atoms with Crippen LogP contribution in [-0.2, 0) is 6.54 Å². The van der Waals surface area contributed by atoms with Crippen LogP contribution < -0.4 is 0 Å². The third-order valence-corrected chi connectivity index (χ3v) is 6.01. The number of aromatic nitrogens is 1. The number of β-amino-alcohol motifs (C(OH)–C–C–N with tert-alkyl or cyclic N) is 1. The molecular formula is C18H28N2O2. The number of hydrogen-bond donors (Lipinski definition) is 1. The third kappa shape index (κ3) is 2.19. The smallest absolute Gasteiger partial charge is 0.255 e. The summed E-state index contributed by atoms with van der Waals surface area (Å²) in [6.45, 7) is 10.3. The molecule has 0 aromatic carbocycles. The molecule has 2 atom stereocenters. The Morgan fingerprint density at radius 2 is 2.09 bits per heavy atom. The first-order valence-electron chi connectivity index (χ1n) is 8.56. The van der Waals surface area contributed by atoms with Gasteiger partial charge in [-0.15, -0.1) is 0 Å². The Kier molecular flexibility index (Phi) is 3.84. The van der Waals surface area contributed by atoms with Gasteiger partial charge in [-0.05, 0) is 45.6 Å². The van der Waals surface area contributed by atoms with Gasteiger partial charge in [-0.3, -0.25) is 4.79 Å². The number of carbonyl (C=O) groups excluding carboxylic acids is 1. The van der Waals surface area contributed by atoms with E-state index in [1.165, 1.54) is 6.42 Å². The van der Waals surface area contributed by atoms with E-state index >= 15 is 0 Å². The van der Waals surface area contributed by atoms with Crippen molar-refractivity contribution in [1.82, 2.24) is 9.47 Å². The van der Waals surface area contributed by atoms with Crippen LogP contribution in [0.5, 0.6) is 0 Å². The SMILES string of the molecule is CCn1c(C)cc(C(=O)N2C[C@@H](C)[C@](O)(C3CCC3)C2)c1C. The van der Waals surface area contributed by atoms with Crippen LogP contribution in [0.15, 0.2) is 6.07 Å². The number of amides is 1. The Hall–Kier alpha value is -1.29. The van der Waals surface area contributed by atoms with E-state index in [2.05, 4.69) is 18.4 Å². The van der Waals surface area contributed by atoms with Gasteiger partial charge >= 0.3 is 0 Å². The molecule has 22 heavy (non-hydrogen) atoms. The highest BCUT2D eigenvalue weighted by molar-refractivity contribution is 5.96. The Balaban J connectivity index is 1.82. The van der Waals surface area contributed by atoms with Crippen molar-refractivity contribution < 1.29 is 9.90 Å². The van der Waals surface area contributed by atoms with E-state index in [1.54, 1.807) is 0 Å². The Labute approximate surface area is 133 Å². The zero-order valence-corrected chi connectivity index (χ0v) is 14.2. The Bertz CT molecular complexity index is 588. The fraction of sp³-hybridized carbons (Fsp3) is 0.722. The minimum Gasteiger partial charge on any atom is -0.387 e. The number of hydrogen-bond acceptors (Lipinski definition) is 2. The van der Waals surface area contributed by atoms with Crippen molar-refractivity contribution in [3.8, 4) is 0 Å². The first kappa shape index (κ1) is 15.6. The molecule has 1 N–H and O–H groups in total. The summed E-state index contributed by atoms with van der Waals surface area (Å²) in [6, 6.07) is 1.99. The van der Waals surface area contributed by atoms with Crippen LogP contribution in [0, 0.1) is 25.7 Å². The number of nitrogens with zero attached hydrogens (tertiary/aromatic N) is 2. The zero-order chi connectivity index (χ0) is 16.1. The fourth-order valence-electron chi connectivity index (χ4n) is 4.28. The summed E-state index contributed by atoms with van der Waals surface area (Å²) in [5.74, 6) is 0.620. The van der Waals surface area contributed by atoms with Gasteiger partial charge in [-0.25, -0.2) is 0 Å². The molecule has 0 unspecified atom stereocenters. The van der Waals surface area contributed by atoms with Crippen LogP contribution in [0.3, 0.4) is 0 Å². The van der Waals surface area contributed by atoms with Gasteiger partial charge in [-0.2, -0.15) is 0 Å². The number of aliphatic hydroxyl groups is 1. The molecule has 1 amide bonds. The summed E-state index contributed by atoms with van der Waals surface area (Å²) in [6.07, 6.45) is 3.42. The quantitative estimate of drug-likeness (QED) is 0.933. The lowest BCUT2D eigenvalue weighted by Gasteiger charge is -2.41. The summed E-state index contributed by atoms with van der Waals surface area (Å²) in [5.41, 5.74) is 2.29. The van der Waals surface area contributed by atoms with E-state index in [-0.39, 0.29) is 11.8 Å². The third-order valence-electron chi connectivity index (χ3n) is 6.01. The molecule has 1 aliphatic carbocycles. The molecule has 1 saturated carbocycles. The van der Waals surface area contributed by atoms with Gasteiger partial charge in [-0.1, -0.05) is 13.3 Å². The molecule has 2 aliphatic rings. The summed E-state index contributed by atoms with van der Waals surface area (Å²) in [4.78, 5) is 14.8. The van der Waals surface area contributed by atoms with Gasteiger partial charge in [0.05, 0.1) is 17.7 Å². The molecule has 2 heterocycles. The lowest BCUT2D eigenvalue weighted by Crippen LogP contribution is -2.48. The largest absolute Gasteiger partial charge is 0.387 e. The van der Waals surface area contributed by atoms with E-state index in [9.17, 15) is 9.90 Å². The molecule has 1 aliphatic heterocycles. The molecule has 0 bridgehead atoms. The van der Waals surface area contributed by atoms with Crippen molar-refractivity contribution in [3.63, 3.8) is 0 Å². The van der Waals surface area contributed by atoms with Crippen LogP contribution in [0.1, 0.15) is 54.9 Å². The van der Waals surface area contributed by atoms with Gasteiger partial charge in [0.15, 0.2) is 0 Å². The minimum atomic E-state index is -0.676. The molecule has 1 aromatic rings. The molecule has 3 rings (SSSR count). The van der Waals surface area contributed by atoms with Crippen molar-refractivity contribution in [3.05, 3.63) is 23.0 Å². The molecule has 4 nitrogen and oxygen atoms in total. The molecule has 0 radical (unpaired) electrons. The molecular weight excluding hydrogens is 276 g/mol. The highest BCUT2D eigenvalue weighted by Gasteiger charge is 2.51. The van der Waals surface area contributed by atoms with Crippen molar-refractivity contribution in [2.75, 3.05) is 13.1 Å². The number of carbonyl (C=O) groups is 1. The summed E-state index contributed by atoms with van der Waals surface area (Å²) in [7, 11) is 0. The standard InChI is InChI=1S/C18H28N2O2/c1-5-20-13(3)9-16(14(20)4)17(21)19-10-12(2)18(22,11-19)15-7-6-8-15/h9,12,15,22H,5-8,10-11H2,1-4H3/t12-,18+/m1/s1. The van der Waals surface area contributed by atoms with Crippen LogP contribution in [0.25, 0.3) is 0 Å². The Morgan fingerprint density at radius 3 is 2.59 bits per heavy atom. The highest BCUT2D eigenvalue weighted by atomic mass is 16.3. The molecule has 2 fully saturated rings. The van der Waals surface area contributed by atoms with Gasteiger partial charge < -0.3 is 14.6 Å². The van der Waals surface area contributed by atoms with Gasteiger partial charge in [0.25, 0.3) is 5.91 Å². The first-order chi connectivity index (χ1) is 10.4. The zero-order valence-electron chi connectivity index (χ0n) is 14.2. The van der Waals surface area contributed by atoms with Crippen molar-refractivity contribution in [1.29, 1.82) is 0 Å².